The summed E-state index contributed by atoms with van der Waals surface area (Å²) in [5.74, 6) is -0.767. The Bertz CT molecular complexity index is 1110. The summed E-state index contributed by atoms with van der Waals surface area (Å²) in [6.45, 7) is 5.89. The van der Waals surface area contributed by atoms with Crippen LogP contribution in [-0.4, -0.2) is 26.6 Å². The highest BCUT2D eigenvalue weighted by molar-refractivity contribution is 7.17. The smallest absolute Gasteiger partial charge is 0.258 e. The molecule has 0 aliphatic heterocycles. The van der Waals surface area contributed by atoms with Crippen LogP contribution < -0.4 is 11.1 Å². The molecule has 3 aromatic rings. The van der Waals surface area contributed by atoms with Crippen LogP contribution >= 0.6 is 11.3 Å². The molecule has 0 atom stereocenters. The molecule has 29 heavy (non-hydrogen) atoms. The number of hydrogen-bond donors (Lipinski definition) is 2. The zero-order chi connectivity index (χ0) is 20.7. The molecule has 152 valence electrons. The van der Waals surface area contributed by atoms with Crippen LogP contribution in [0.5, 0.6) is 0 Å². The lowest BCUT2D eigenvalue weighted by molar-refractivity contribution is 0.100. The fourth-order valence-electron chi connectivity index (χ4n) is 3.94. The first-order valence-electron chi connectivity index (χ1n) is 9.97. The van der Waals surface area contributed by atoms with Crippen molar-refractivity contribution in [1.29, 1.82) is 0 Å². The van der Waals surface area contributed by atoms with E-state index >= 15 is 0 Å². The van der Waals surface area contributed by atoms with Crippen molar-refractivity contribution >= 4 is 39.2 Å². The Morgan fingerprint density at radius 1 is 1.24 bits per heavy atom. The summed E-state index contributed by atoms with van der Waals surface area (Å²) in [7, 11) is 0. The fourth-order valence-corrected chi connectivity index (χ4v) is 5.22. The monoisotopic (exact) mass is 411 g/mol. The Labute approximate surface area is 173 Å². The Kier molecular flexibility index (Phi) is 5.12. The van der Waals surface area contributed by atoms with Crippen LogP contribution in [0.2, 0.25) is 0 Å². The molecule has 8 heteroatoms. The van der Waals surface area contributed by atoms with Gasteiger partial charge < -0.3 is 11.1 Å². The number of aromatic nitrogens is 3. The lowest BCUT2D eigenvalue weighted by Crippen LogP contribution is -2.19. The number of pyridine rings is 1. The lowest BCUT2D eigenvalue weighted by Gasteiger charge is -2.10. The molecule has 0 saturated heterocycles. The van der Waals surface area contributed by atoms with Crippen LogP contribution in [0.1, 0.15) is 76.0 Å². The average Bonchev–Trinajstić information content (AvgIpc) is 3.14. The number of anilines is 1. The number of nitrogens with two attached hydrogens (primary N) is 1. The molecule has 7 nitrogen and oxygen atoms in total. The van der Waals surface area contributed by atoms with E-state index < -0.39 is 5.91 Å². The topological polar surface area (TPSA) is 103 Å². The molecule has 0 spiro atoms. The van der Waals surface area contributed by atoms with E-state index in [2.05, 4.69) is 15.4 Å². The van der Waals surface area contributed by atoms with Crippen LogP contribution in [0, 0.1) is 6.92 Å². The maximum Gasteiger partial charge on any atom is 0.258 e. The van der Waals surface area contributed by atoms with E-state index in [9.17, 15) is 9.59 Å². The number of nitrogens with one attached hydrogen (secondary N) is 1. The number of rotatable bonds is 4. The summed E-state index contributed by atoms with van der Waals surface area (Å²) in [5.41, 5.74) is 9.01. The average molecular weight is 412 g/mol. The third kappa shape index (κ3) is 3.53. The highest BCUT2D eigenvalue weighted by atomic mass is 32.1. The molecule has 3 aromatic heterocycles. The summed E-state index contributed by atoms with van der Waals surface area (Å²) >= 11 is 1.47. The van der Waals surface area contributed by atoms with Crippen LogP contribution in [0.25, 0.3) is 11.0 Å². The van der Waals surface area contributed by atoms with Gasteiger partial charge in [0.25, 0.3) is 11.8 Å². The number of aryl methyl sites for hydroxylation is 2. The SMILES string of the molecule is Cc1nc2c(cnn2C(C)C)cc1C(=O)Nc1sc2c(c1C(N)=O)CCCCC2. The van der Waals surface area contributed by atoms with Gasteiger partial charge in [-0.15, -0.1) is 11.3 Å². The van der Waals surface area contributed by atoms with Crippen LogP contribution in [0.15, 0.2) is 12.3 Å². The molecular formula is C21H25N5O2S. The molecule has 4 rings (SSSR count). The normalized spacial score (nSPS) is 14.1. The Morgan fingerprint density at radius 2 is 2.00 bits per heavy atom. The summed E-state index contributed by atoms with van der Waals surface area (Å²) < 4.78 is 1.84. The van der Waals surface area contributed by atoms with E-state index in [-0.39, 0.29) is 11.9 Å². The molecular weight excluding hydrogens is 386 g/mol. The first kappa shape index (κ1) is 19.6. The van der Waals surface area contributed by atoms with Crippen LogP contribution in [0.3, 0.4) is 0 Å². The standard InChI is InChI=1S/C21H25N5O2S/c1-11(2)26-19-13(10-23-26)9-15(12(3)24-19)20(28)25-21-17(18(22)27)14-7-5-4-6-8-16(14)29-21/h9-11H,4-8H2,1-3H3,(H2,22,27)(H,25,28). The van der Waals surface area contributed by atoms with Gasteiger partial charge in [0.1, 0.15) is 5.00 Å². The second kappa shape index (κ2) is 7.59. The maximum atomic E-state index is 13.1. The van der Waals surface area contributed by atoms with Crippen molar-refractivity contribution in [3.8, 4) is 0 Å². The minimum absolute atomic E-state index is 0.179. The van der Waals surface area contributed by atoms with Crippen molar-refractivity contribution in [2.75, 3.05) is 5.32 Å². The van der Waals surface area contributed by atoms with E-state index in [1.807, 2.05) is 25.5 Å². The number of thiophene rings is 1. The molecule has 3 heterocycles. The summed E-state index contributed by atoms with van der Waals surface area (Å²) in [6, 6.07) is 1.99. The van der Waals surface area contributed by atoms with Gasteiger partial charge in [0.2, 0.25) is 0 Å². The number of carbonyl (C=O) groups excluding carboxylic acids is 2. The van der Waals surface area contributed by atoms with Crippen molar-refractivity contribution in [2.45, 2.75) is 58.9 Å². The predicted octanol–water partition coefficient (Wildman–Crippen LogP) is 4.00. The molecule has 0 unspecified atom stereocenters. The second-order valence-electron chi connectivity index (χ2n) is 7.80. The van der Waals surface area contributed by atoms with Gasteiger partial charge in [-0.05, 0) is 58.1 Å². The second-order valence-corrected chi connectivity index (χ2v) is 8.91. The molecule has 1 aliphatic carbocycles. The molecule has 0 saturated carbocycles. The van der Waals surface area contributed by atoms with Crippen molar-refractivity contribution in [2.24, 2.45) is 5.73 Å². The van der Waals surface area contributed by atoms with Crippen LogP contribution in [-0.2, 0) is 12.8 Å². The Morgan fingerprint density at radius 3 is 2.72 bits per heavy atom. The highest BCUT2D eigenvalue weighted by Crippen LogP contribution is 2.37. The van der Waals surface area contributed by atoms with Gasteiger partial charge >= 0.3 is 0 Å². The van der Waals surface area contributed by atoms with E-state index in [4.69, 9.17) is 5.73 Å². The fraction of sp³-hybridized carbons (Fsp3) is 0.429. The van der Waals surface area contributed by atoms with Crippen LogP contribution in [0.4, 0.5) is 5.00 Å². The molecule has 1 aliphatic rings. The van der Waals surface area contributed by atoms with E-state index in [0.29, 0.717) is 21.8 Å². The molecule has 0 bridgehead atoms. The molecule has 2 amide bonds. The Balaban J connectivity index is 1.70. The largest absolute Gasteiger partial charge is 0.365 e. The third-order valence-corrected chi connectivity index (χ3v) is 6.60. The highest BCUT2D eigenvalue weighted by Gasteiger charge is 2.25. The lowest BCUT2D eigenvalue weighted by atomic mass is 10.0. The minimum atomic E-state index is -0.483. The zero-order valence-corrected chi connectivity index (χ0v) is 17.7. The van der Waals surface area contributed by atoms with Gasteiger partial charge in [0, 0.05) is 16.3 Å². The van der Waals surface area contributed by atoms with Gasteiger partial charge in [-0.1, -0.05) is 6.42 Å². The molecule has 3 N–H and O–H groups in total. The van der Waals surface area contributed by atoms with Crippen molar-refractivity contribution in [3.63, 3.8) is 0 Å². The number of primary amides is 1. The number of carbonyl (C=O) groups is 2. The predicted molar refractivity (Wildman–Crippen MR) is 115 cm³/mol. The summed E-state index contributed by atoms with van der Waals surface area (Å²) in [4.78, 5) is 31.0. The van der Waals surface area contributed by atoms with Crippen molar-refractivity contribution in [1.82, 2.24) is 14.8 Å². The van der Waals surface area contributed by atoms with Gasteiger partial charge in [-0.2, -0.15) is 5.10 Å². The zero-order valence-electron chi connectivity index (χ0n) is 16.9. The quantitative estimate of drug-likeness (QED) is 0.633. The number of hydrogen-bond acceptors (Lipinski definition) is 5. The molecule has 0 aromatic carbocycles. The number of fused-ring (bicyclic) bond motifs is 2. The first-order valence-corrected chi connectivity index (χ1v) is 10.8. The summed E-state index contributed by atoms with van der Waals surface area (Å²) in [5, 5.41) is 8.67. The third-order valence-electron chi connectivity index (χ3n) is 5.39. The van der Waals surface area contributed by atoms with Gasteiger partial charge in [-0.25, -0.2) is 9.67 Å². The first-order chi connectivity index (χ1) is 13.9. The number of amides is 2. The molecule has 0 radical (unpaired) electrons. The minimum Gasteiger partial charge on any atom is -0.365 e. The maximum absolute atomic E-state index is 13.1. The van der Waals surface area contributed by atoms with Gasteiger partial charge in [-0.3, -0.25) is 9.59 Å². The summed E-state index contributed by atoms with van der Waals surface area (Å²) in [6.07, 6.45) is 6.77. The van der Waals surface area contributed by atoms with Crippen molar-refractivity contribution < 1.29 is 9.59 Å². The van der Waals surface area contributed by atoms with E-state index in [0.717, 1.165) is 53.6 Å². The van der Waals surface area contributed by atoms with Gasteiger partial charge in [0.05, 0.1) is 23.0 Å². The van der Waals surface area contributed by atoms with Crippen molar-refractivity contribution in [3.05, 3.63) is 39.5 Å². The van der Waals surface area contributed by atoms with E-state index in [1.54, 1.807) is 12.3 Å². The molecule has 0 fully saturated rings. The van der Waals surface area contributed by atoms with E-state index in [1.165, 1.54) is 11.3 Å². The Hall–Kier alpha value is -2.74. The van der Waals surface area contributed by atoms with Gasteiger partial charge in [0.15, 0.2) is 5.65 Å². The number of nitrogens with zero attached hydrogens (tertiary/aromatic N) is 3.